The Morgan fingerprint density at radius 2 is 1.60 bits per heavy atom. The van der Waals surface area contributed by atoms with Gasteiger partial charge >= 0.3 is 0 Å². The number of anilines is 1. The van der Waals surface area contributed by atoms with Crippen molar-refractivity contribution in [3.05, 3.63) is 95.3 Å². The van der Waals surface area contributed by atoms with Crippen molar-refractivity contribution >= 4 is 39.1 Å². The Morgan fingerprint density at radius 3 is 2.17 bits per heavy atom. The van der Waals surface area contributed by atoms with Crippen molar-refractivity contribution < 1.29 is 22.4 Å². The van der Waals surface area contributed by atoms with E-state index in [2.05, 4.69) is 5.32 Å². The van der Waals surface area contributed by atoms with Gasteiger partial charge < -0.3 is 10.2 Å². The lowest BCUT2D eigenvalue weighted by Gasteiger charge is -2.33. The zero-order valence-electron chi connectivity index (χ0n) is 22.9. The molecule has 0 aliphatic rings. The average molecular weight is 588 g/mol. The molecule has 2 amide bonds. The zero-order chi connectivity index (χ0) is 29.3. The fourth-order valence-electron chi connectivity index (χ4n) is 4.21. The van der Waals surface area contributed by atoms with Crippen LogP contribution in [-0.4, -0.2) is 50.8 Å². The molecular formula is C30H35ClFN3O4S. The van der Waals surface area contributed by atoms with Crippen molar-refractivity contribution in [2.24, 2.45) is 5.92 Å². The molecule has 7 nitrogen and oxygen atoms in total. The summed E-state index contributed by atoms with van der Waals surface area (Å²) in [5.41, 5.74) is 1.00. The van der Waals surface area contributed by atoms with Crippen LogP contribution in [0.2, 0.25) is 5.02 Å². The summed E-state index contributed by atoms with van der Waals surface area (Å²) < 4.78 is 42.4. The highest BCUT2D eigenvalue weighted by Gasteiger charge is 2.33. The minimum atomic E-state index is -4.25. The molecule has 0 aliphatic heterocycles. The van der Waals surface area contributed by atoms with Crippen LogP contribution < -0.4 is 9.62 Å². The Labute approximate surface area is 241 Å². The summed E-state index contributed by atoms with van der Waals surface area (Å²) in [5, 5.41) is 2.62. The molecule has 1 atom stereocenters. The minimum absolute atomic E-state index is 0.0314. The van der Waals surface area contributed by atoms with Gasteiger partial charge in [0, 0.05) is 13.1 Å². The third-order valence-electron chi connectivity index (χ3n) is 6.36. The van der Waals surface area contributed by atoms with Crippen LogP contribution in [0.15, 0.2) is 83.8 Å². The average Bonchev–Trinajstić information content (AvgIpc) is 2.95. The van der Waals surface area contributed by atoms with E-state index in [4.69, 9.17) is 11.6 Å². The highest BCUT2D eigenvalue weighted by Crippen LogP contribution is 2.28. The minimum Gasteiger partial charge on any atom is -0.354 e. The normalized spacial score (nSPS) is 12.2. The lowest BCUT2D eigenvalue weighted by molar-refractivity contribution is -0.139. The van der Waals surface area contributed by atoms with E-state index in [9.17, 15) is 22.4 Å². The molecule has 0 fully saturated rings. The van der Waals surface area contributed by atoms with Crippen LogP contribution >= 0.6 is 11.6 Å². The summed E-state index contributed by atoms with van der Waals surface area (Å²) in [4.78, 5) is 28.5. The van der Waals surface area contributed by atoms with Crippen LogP contribution in [0.25, 0.3) is 0 Å². The number of amides is 2. The number of carbonyl (C=O) groups is 2. The van der Waals surface area contributed by atoms with Gasteiger partial charge in [0.25, 0.3) is 10.0 Å². The molecule has 3 rings (SSSR count). The first-order valence-electron chi connectivity index (χ1n) is 13.2. The van der Waals surface area contributed by atoms with Gasteiger partial charge in [-0.25, -0.2) is 12.8 Å². The number of carbonyl (C=O) groups excluding carboxylic acids is 2. The predicted octanol–water partition coefficient (Wildman–Crippen LogP) is 5.30. The van der Waals surface area contributed by atoms with Crippen molar-refractivity contribution in [2.45, 2.75) is 44.6 Å². The van der Waals surface area contributed by atoms with Crippen molar-refractivity contribution in [1.82, 2.24) is 10.2 Å². The van der Waals surface area contributed by atoms with Gasteiger partial charge in [-0.05, 0) is 54.7 Å². The monoisotopic (exact) mass is 587 g/mol. The van der Waals surface area contributed by atoms with E-state index in [0.717, 1.165) is 15.9 Å². The fourth-order valence-corrected chi connectivity index (χ4v) is 5.81. The number of halogens is 2. The maximum atomic E-state index is 14.0. The van der Waals surface area contributed by atoms with Crippen molar-refractivity contribution in [1.29, 1.82) is 0 Å². The molecule has 214 valence electrons. The highest BCUT2D eigenvalue weighted by atomic mass is 35.5. The van der Waals surface area contributed by atoms with Crippen LogP contribution in [0.3, 0.4) is 0 Å². The molecule has 0 saturated heterocycles. The number of rotatable bonds is 13. The Bertz CT molecular complexity index is 1390. The molecule has 0 unspecified atom stereocenters. The van der Waals surface area contributed by atoms with Gasteiger partial charge in [-0.3, -0.25) is 13.9 Å². The first-order valence-corrected chi connectivity index (χ1v) is 15.0. The van der Waals surface area contributed by atoms with Crippen LogP contribution in [0, 0.1) is 11.7 Å². The van der Waals surface area contributed by atoms with Crippen LogP contribution in [0.1, 0.15) is 32.8 Å². The Morgan fingerprint density at radius 1 is 0.975 bits per heavy atom. The molecule has 0 aromatic heterocycles. The number of nitrogens with one attached hydrogen (secondary N) is 1. The Hall–Kier alpha value is -3.43. The molecule has 0 radical (unpaired) electrons. The maximum absolute atomic E-state index is 14.0. The zero-order valence-corrected chi connectivity index (χ0v) is 24.5. The number of hydrogen-bond donors (Lipinski definition) is 1. The molecule has 0 heterocycles. The van der Waals surface area contributed by atoms with Crippen LogP contribution in [0.4, 0.5) is 10.1 Å². The standard InChI is InChI=1S/C30H35ClFN3O4S/c1-4-28(30(37)33-20-22(2)3)34(18-17-23-11-7-5-8-12-23)29(36)21-35(24-15-16-27(32)26(31)19-24)40(38,39)25-13-9-6-10-14-25/h5-16,19,22,28H,4,17-18,20-21H2,1-3H3,(H,33,37)/t28-/m0/s1. The second-order valence-electron chi connectivity index (χ2n) is 9.81. The van der Waals surface area contributed by atoms with Gasteiger partial charge in [0.05, 0.1) is 15.6 Å². The Balaban J connectivity index is 2.00. The van der Waals surface area contributed by atoms with E-state index >= 15 is 0 Å². The summed E-state index contributed by atoms with van der Waals surface area (Å²) in [6, 6.07) is 19.8. The van der Waals surface area contributed by atoms with Gasteiger partial charge in [-0.15, -0.1) is 0 Å². The third-order valence-corrected chi connectivity index (χ3v) is 8.43. The van der Waals surface area contributed by atoms with Gasteiger partial charge in [-0.1, -0.05) is 80.9 Å². The SMILES string of the molecule is CC[C@@H](C(=O)NCC(C)C)N(CCc1ccccc1)C(=O)CN(c1ccc(F)c(Cl)c1)S(=O)(=O)c1ccccc1. The number of hydrogen-bond acceptors (Lipinski definition) is 4. The topological polar surface area (TPSA) is 86.8 Å². The van der Waals surface area contributed by atoms with Gasteiger partial charge in [-0.2, -0.15) is 0 Å². The number of sulfonamides is 1. The Kier molecular flexibility index (Phi) is 11.1. The molecule has 0 bridgehead atoms. The molecule has 40 heavy (non-hydrogen) atoms. The third kappa shape index (κ3) is 8.05. The summed E-state index contributed by atoms with van der Waals surface area (Å²) in [7, 11) is -4.25. The van der Waals surface area contributed by atoms with Crippen molar-refractivity contribution in [2.75, 3.05) is 23.9 Å². The summed E-state index contributed by atoms with van der Waals surface area (Å²) in [5.74, 6) is -1.38. The van der Waals surface area contributed by atoms with E-state index in [-0.39, 0.29) is 34.0 Å². The van der Waals surface area contributed by atoms with Crippen molar-refractivity contribution in [3.8, 4) is 0 Å². The van der Waals surface area contributed by atoms with E-state index in [1.54, 1.807) is 25.1 Å². The molecule has 0 spiro atoms. The van der Waals surface area contributed by atoms with Crippen LogP contribution in [-0.2, 0) is 26.0 Å². The predicted molar refractivity (Wildman–Crippen MR) is 156 cm³/mol. The lowest BCUT2D eigenvalue weighted by atomic mass is 10.1. The molecule has 10 heteroatoms. The molecule has 3 aromatic rings. The van der Waals surface area contributed by atoms with E-state index in [1.807, 2.05) is 44.2 Å². The number of benzene rings is 3. The summed E-state index contributed by atoms with van der Waals surface area (Å²) >= 11 is 6.00. The molecule has 0 saturated carbocycles. The van der Waals surface area contributed by atoms with Crippen LogP contribution in [0.5, 0.6) is 0 Å². The quantitative estimate of drug-likeness (QED) is 0.294. The highest BCUT2D eigenvalue weighted by molar-refractivity contribution is 7.92. The maximum Gasteiger partial charge on any atom is 0.264 e. The fraction of sp³-hybridized carbons (Fsp3) is 0.333. The molecular weight excluding hydrogens is 553 g/mol. The lowest BCUT2D eigenvalue weighted by Crippen LogP contribution is -2.53. The van der Waals surface area contributed by atoms with E-state index in [0.29, 0.717) is 19.4 Å². The summed E-state index contributed by atoms with van der Waals surface area (Å²) in [6.07, 6.45) is 0.798. The van der Waals surface area contributed by atoms with Gasteiger partial charge in [0.2, 0.25) is 11.8 Å². The smallest absolute Gasteiger partial charge is 0.264 e. The van der Waals surface area contributed by atoms with E-state index in [1.165, 1.54) is 29.2 Å². The van der Waals surface area contributed by atoms with Gasteiger partial charge in [0.1, 0.15) is 18.4 Å². The second-order valence-corrected chi connectivity index (χ2v) is 12.1. The molecule has 3 aromatic carbocycles. The molecule has 1 N–H and O–H groups in total. The van der Waals surface area contributed by atoms with Gasteiger partial charge in [0.15, 0.2) is 0 Å². The molecule has 0 aliphatic carbocycles. The second kappa shape index (κ2) is 14.3. The first-order chi connectivity index (χ1) is 19.0. The van der Waals surface area contributed by atoms with Crippen molar-refractivity contribution in [3.63, 3.8) is 0 Å². The summed E-state index contributed by atoms with van der Waals surface area (Å²) in [6.45, 7) is 5.78. The number of nitrogens with zero attached hydrogens (tertiary/aromatic N) is 2. The first kappa shape index (κ1) is 31.1. The van der Waals surface area contributed by atoms with E-state index < -0.39 is 34.3 Å². The largest absolute Gasteiger partial charge is 0.354 e.